The molecule has 25 heavy (non-hydrogen) atoms. The Balaban J connectivity index is 1.51. The van der Waals surface area contributed by atoms with Crippen molar-refractivity contribution < 1.29 is 13.9 Å². The van der Waals surface area contributed by atoms with E-state index >= 15 is 0 Å². The van der Waals surface area contributed by atoms with Gasteiger partial charge in [0.05, 0.1) is 6.07 Å². The lowest BCUT2D eigenvalue weighted by Gasteiger charge is -2.32. The van der Waals surface area contributed by atoms with Crippen LogP contribution in [-0.4, -0.2) is 30.1 Å². The molecule has 132 valence electrons. The van der Waals surface area contributed by atoms with Gasteiger partial charge < -0.3 is 19.4 Å². The molecule has 1 aliphatic rings. The number of piperidine rings is 1. The fourth-order valence-electron chi connectivity index (χ4n) is 2.85. The quantitative estimate of drug-likeness (QED) is 0.929. The van der Waals surface area contributed by atoms with Crippen LogP contribution >= 0.6 is 0 Å². The van der Waals surface area contributed by atoms with E-state index in [1.54, 1.807) is 17.9 Å². The zero-order chi connectivity index (χ0) is 17.8. The van der Waals surface area contributed by atoms with Gasteiger partial charge in [-0.25, -0.2) is 9.59 Å². The monoisotopic (exact) mass is 342 g/mol. The Kier molecular flexibility index (Phi) is 5.07. The van der Waals surface area contributed by atoms with Gasteiger partial charge in [0.1, 0.15) is 17.6 Å². The summed E-state index contributed by atoms with van der Waals surface area (Å²) in [6, 6.07) is 10.7. The number of anilines is 1. The SMILES string of the molecule is Cc1ccc(NC(=O)N2CCC(Oc3cc(C)oc(=O)c3)CC2)cc1. The van der Waals surface area contributed by atoms with E-state index in [0.717, 1.165) is 24.1 Å². The Bertz CT molecular complexity index is 790. The maximum absolute atomic E-state index is 12.3. The lowest BCUT2D eigenvalue weighted by Crippen LogP contribution is -2.43. The Morgan fingerprint density at radius 1 is 1.16 bits per heavy atom. The summed E-state index contributed by atoms with van der Waals surface area (Å²) in [4.78, 5) is 25.5. The highest BCUT2D eigenvalue weighted by Gasteiger charge is 2.24. The number of urea groups is 1. The smallest absolute Gasteiger partial charge is 0.339 e. The summed E-state index contributed by atoms with van der Waals surface area (Å²) in [6.45, 7) is 4.95. The van der Waals surface area contributed by atoms with Crippen molar-refractivity contribution >= 4 is 11.7 Å². The van der Waals surface area contributed by atoms with Crippen LogP contribution in [0.2, 0.25) is 0 Å². The molecule has 0 bridgehead atoms. The molecule has 1 aromatic heterocycles. The number of ether oxygens (including phenoxy) is 1. The highest BCUT2D eigenvalue weighted by Crippen LogP contribution is 2.19. The number of hydrogen-bond donors (Lipinski definition) is 1. The first kappa shape index (κ1) is 17.1. The van der Waals surface area contributed by atoms with Gasteiger partial charge in [-0.05, 0) is 26.0 Å². The number of aryl methyl sites for hydroxylation is 2. The molecule has 1 N–H and O–H groups in total. The van der Waals surface area contributed by atoms with Crippen molar-refractivity contribution in [1.29, 1.82) is 0 Å². The number of carbonyl (C=O) groups is 1. The largest absolute Gasteiger partial charge is 0.490 e. The molecule has 1 fully saturated rings. The van der Waals surface area contributed by atoms with Gasteiger partial charge in [-0.3, -0.25) is 0 Å². The van der Waals surface area contributed by atoms with Crippen LogP contribution < -0.4 is 15.7 Å². The van der Waals surface area contributed by atoms with Crippen LogP contribution in [0.4, 0.5) is 10.5 Å². The van der Waals surface area contributed by atoms with Crippen molar-refractivity contribution in [3.05, 3.63) is 58.1 Å². The second-order valence-corrected chi connectivity index (χ2v) is 6.32. The lowest BCUT2D eigenvalue weighted by atomic mass is 10.1. The van der Waals surface area contributed by atoms with Crippen molar-refractivity contribution in [2.75, 3.05) is 18.4 Å². The number of benzene rings is 1. The molecule has 0 saturated carbocycles. The second kappa shape index (κ2) is 7.42. The van der Waals surface area contributed by atoms with Crippen molar-refractivity contribution in [1.82, 2.24) is 4.90 Å². The van der Waals surface area contributed by atoms with E-state index in [4.69, 9.17) is 9.15 Å². The van der Waals surface area contributed by atoms with Crippen LogP contribution in [0.1, 0.15) is 24.2 Å². The zero-order valence-electron chi connectivity index (χ0n) is 14.5. The first-order chi connectivity index (χ1) is 12.0. The number of rotatable bonds is 3. The summed E-state index contributed by atoms with van der Waals surface area (Å²) in [6.07, 6.45) is 1.44. The summed E-state index contributed by atoms with van der Waals surface area (Å²) in [5.74, 6) is 1.05. The number of likely N-dealkylation sites (tertiary alicyclic amines) is 1. The molecule has 2 heterocycles. The van der Waals surface area contributed by atoms with Crippen LogP contribution in [0.25, 0.3) is 0 Å². The third-order valence-corrected chi connectivity index (χ3v) is 4.20. The summed E-state index contributed by atoms with van der Waals surface area (Å²) >= 11 is 0. The topological polar surface area (TPSA) is 71.8 Å². The number of nitrogens with zero attached hydrogens (tertiary/aromatic N) is 1. The zero-order valence-corrected chi connectivity index (χ0v) is 14.5. The van der Waals surface area contributed by atoms with Gasteiger partial charge in [0.2, 0.25) is 0 Å². The van der Waals surface area contributed by atoms with E-state index in [2.05, 4.69) is 5.32 Å². The number of amides is 2. The number of carbonyl (C=O) groups excluding carboxylic acids is 1. The Labute approximate surface area is 146 Å². The molecule has 2 aromatic rings. The molecule has 6 nitrogen and oxygen atoms in total. The third-order valence-electron chi connectivity index (χ3n) is 4.20. The Hall–Kier alpha value is -2.76. The minimum absolute atomic E-state index is 0.00961. The third kappa shape index (κ3) is 4.62. The highest BCUT2D eigenvalue weighted by molar-refractivity contribution is 5.89. The van der Waals surface area contributed by atoms with E-state index in [1.807, 2.05) is 31.2 Å². The van der Waals surface area contributed by atoms with Gasteiger partial charge in [0, 0.05) is 37.7 Å². The summed E-state index contributed by atoms with van der Waals surface area (Å²) in [5, 5.41) is 2.91. The maximum Gasteiger partial charge on any atom is 0.339 e. The van der Waals surface area contributed by atoms with Crippen LogP contribution in [0.3, 0.4) is 0 Å². The molecule has 1 aromatic carbocycles. The number of hydrogen-bond acceptors (Lipinski definition) is 4. The molecular weight excluding hydrogens is 320 g/mol. The van der Waals surface area contributed by atoms with Gasteiger partial charge in [-0.1, -0.05) is 17.7 Å². The van der Waals surface area contributed by atoms with Gasteiger partial charge in [0.25, 0.3) is 0 Å². The summed E-state index contributed by atoms with van der Waals surface area (Å²) in [7, 11) is 0. The fraction of sp³-hybridized carbons (Fsp3) is 0.368. The van der Waals surface area contributed by atoms with E-state index in [-0.39, 0.29) is 12.1 Å². The molecule has 0 unspecified atom stereocenters. The standard InChI is InChI=1S/C19H22N2O4/c1-13-3-5-15(6-4-13)20-19(23)21-9-7-16(8-10-21)25-17-11-14(2)24-18(22)12-17/h3-6,11-12,16H,7-10H2,1-2H3,(H,20,23). The van der Waals surface area contributed by atoms with Gasteiger partial charge in [-0.15, -0.1) is 0 Å². The van der Waals surface area contributed by atoms with Crippen molar-refractivity contribution in [2.45, 2.75) is 32.8 Å². The van der Waals surface area contributed by atoms with Crippen LogP contribution in [-0.2, 0) is 0 Å². The predicted octanol–water partition coefficient (Wildman–Crippen LogP) is 3.33. The van der Waals surface area contributed by atoms with E-state index in [9.17, 15) is 9.59 Å². The average Bonchev–Trinajstić information content (AvgIpc) is 2.56. The van der Waals surface area contributed by atoms with E-state index in [1.165, 1.54) is 6.07 Å². The van der Waals surface area contributed by atoms with Crippen LogP contribution in [0, 0.1) is 13.8 Å². The molecule has 0 aliphatic carbocycles. The Morgan fingerprint density at radius 3 is 2.48 bits per heavy atom. The molecule has 0 radical (unpaired) electrons. The molecule has 3 rings (SSSR count). The summed E-state index contributed by atoms with van der Waals surface area (Å²) < 4.78 is 10.8. The molecule has 2 amide bonds. The fourth-order valence-corrected chi connectivity index (χ4v) is 2.85. The molecular formula is C19H22N2O4. The molecule has 0 atom stereocenters. The minimum atomic E-state index is -0.412. The summed E-state index contributed by atoms with van der Waals surface area (Å²) in [5.41, 5.74) is 1.53. The highest BCUT2D eigenvalue weighted by atomic mass is 16.5. The van der Waals surface area contributed by atoms with E-state index in [0.29, 0.717) is 24.6 Å². The van der Waals surface area contributed by atoms with E-state index < -0.39 is 5.63 Å². The second-order valence-electron chi connectivity index (χ2n) is 6.32. The molecule has 6 heteroatoms. The average molecular weight is 342 g/mol. The van der Waals surface area contributed by atoms with Crippen molar-refractivity contribution in [2.24, 2.45) is 0 Å². The van der Waals surface area contributed by atoms with Crippen LogP contribution in [0.5, 0.6) is 5.75 Å². The van der Waals surface area contributed by atoms with Gasteiger partial charge in [0.15, 0.2) is 0 Å². The normalized spacial score (nSPS) is 15.0. The van der Waals surface area contributed by atoms with Gasteiger partial charge >= 0.3 is 11.7 Å². The minimum Gasteiger partial charge on any atom is -0.490 e. The first-order valence-corrected chi connectivity index (χ1v) is 8.40. The molecule has 1 aliphatic heterocycles. The molecule has 1 saturated heterocycles. The number of nitrogens with one attached hydrogen (secondary N) is 1. The maximum atomic E-state index is 12.3. The van der Waals surface area contributed by atoms with Crippen molar-refractivity contribution in [3.8, 4) is 5.75 Å². The van der Waals surface area contributed by atoms with Crippen LogP contribution in [0.15, 0.2) is 45.6 Å². The first-order valence-electron chi connectivity index (χ1n) is 8.40. The Morgan fingerprint density at radius 2 is 1.84 bits per heavy atom. The lowest BCUT2D eigenvalue weighted by molar-refractivity contribution is 0.115. The predicted molar refractivity (Wildman–Crippen MR) is 95.1 cm³/mol. The van der Waals surface area contributed by atoms with Gasteiger partial charge in [-0.2, -0.15) is 0 Å². The molecule has 0 spiro atoms. The van der Waals surface area contributed by atoms with Crippen molar-refractivity contribution in [3.63, 3.8) is 0 Å².